The standard InChI is InChI=1S/C12H13FN2O2/c13-10-5-7(1-4-12(10)15(16)17)9-6-8-2-3-11(9)14-8/h1,4-5,8-9,11,14H,2-3,6H2/t8?,9-,11?/m1/s1. The van der Waals surface area contributed by atoms with Crippen LogP contribution in [-0.2, 0) is 0 Å². The molecule has 2 bridgehead atoms. The Morgan fingerprint density at radius 1 is 1.41 bits per heavy atom. The minimum Gasteiger partial charge on any atom is -0.311 e. The molecule has 2 heterocycles. The van der Waals surface area contributed by atoms with Gasteiger partial charge in [-0.25, -0.2) is 0 Å². The fourth-order valence-electron chi connectivity index (χ4n) is 3.09. The number of rotatable bonds is 2. The maximum Gasteiger partial charge on any atom is 0.304 e. The van der Waals surface area contributed by atoms with Gasteiger partial charge in [0.15, 0.2) is 0 Å². The van der Waals surface area contributed by atoms with Crippen molar-refractivity contribution in [2.24, 2.45) is 0 Å². The maximum atomic E-state index is 13.5. The molecule has 3 rings (SSSR count). The van der Waals surface area contributed by atoms with Gasteiger partial charge in [0.25, 0.3) is 0 Å². The molecule has 1 N–H and O–H groups in total. The normalized spacial score (nSPS) is 30.8. The molecule has 2 unspecified atom stereocenters. The van der Waals surface area contributed by atoms with E-state index in [-0.39, 0.29) is 0 Å². The Labute approximate surface area is 98.0 Å². The zero-order chi connectivity index (χ0) is 12.0. The van der Waals surface area contributed by atoms with E-state index in [1.54, 1.807) is 6.07 Å². The van der Waals surface area contributed by atoms with Crippen molar-refractivity contribution in [3.05, 3.63) is 39.7 Å². The molecule has 0 aliphatic carbocycles. The summed E-state index contributed by atoms with van der Waals surface area (Å²) < 4.78 is 13.5. The highest BCUT2D eigenvalue weighted by Crippen LogP contribution is 2.40. The van der Waals surface area contributed by atoms with Gasteiger partial charge in [-0.1, -0.05) is 6.07 Å². The third-order valence-electron chi connectivity index (χ3n) is 3.90. The van der Waals surface area contributed by atoms with Crippen LogP contribution < -0.4 is 5.32 Å². The second kappa shape index (κ2) is 3.77. The highest BCUT2D eigenvalue weighted by atomic mass is 19.1. The monoisotopic (exact) mass is 236 g/mol. The van der Waals surface area contributed by atoms with Gasteiger partial charge in [-0.3, -0.25) is 10.1 Å². The quantitative estimate of drug-likeness (QED) is 0.633. The van der Waals surface area contributed by atoms with E-state index in [4.69, 9.17) is 0 Å². The molecular weight excluding hydrogens is 223 g/mol. The molecule has 2 fully saturated rings. The summed E-state index contributed by atoms with van der Waals surface area (Å²) in [7, 11) is 0. The van der Waals surface area contributed by atoms with Crippen LogP contribution in [0.2, 0.25) is 0 Å². The number of nitro groups is 1. The van der Waals surface area contributed by atoms with Crippen LogP contribution in [0.3, 0.4) is 0 Å². The zero-order valence-corrected chi connectivity index (χ0v) is 9.23. The van der Waals surface area contributed by atoms with Crippen molar-refractivity contribution in [1.82, 2.24) is 5.32 Å². The van der Waals surface area contributed by atoms with Crippen LogP contribution in [0.25, 0.3) is 0 Å². The molecule has 0 aromatic heterocycles. The van der Waals surface area contributed by atoms with Gasteiger partial charge in [0, 0.05) is 24.1 Å². The fourth-order valence-corrected chi connectivity index (χ4v) is 3.09. The molecule has 0 spiro atoms. The Kier molecular flexibility index (Phi) is 2.36. The number of hydrogen-bond donors (Lipinski definition) is 1. The molecule has 0 saturated carbocycles. The van der Waals surface area contributed by atoms with Crippen molar-refractivity contribution in [1.29, 1.82) is 0 Å². The molecule has 2 aliphatic rings. The van der Waals surface area contributed by atoms with E-state index in [2.05, 4.69) is 5.32 Å². The summed E-state index contributed by atoms with van der Waals surface area (Å²) in [6.45, 7) is 0. The summed E-state index contributed by atoms with van der Waals surface area (Å²) >= 11 is 0. The van der Waals surface area contributed by atoms with E-state index in [1.807, 2.05) is 0 Å². The number of nitrogens with zero attached hydrogens (tertiary/aromatic N) is 1. The van der Waals surface area contributed by atoms with Gasteiger partial charge in [0.2, 0.25) is 5.82 Å². The van der Waals surface area contributed by atoms with Gasteiger partial charge in [0.1, 0.15) is 0 Å². The fraction of sp³-hybridized carbons (Fsp3) is 0.500. The van der Waals surface area contributed by atoms with Crippen molar-refractivity contribution < 1.29 is 9.31 Å². The Morgan fingerprint density at radius 3 is 2.76 bits per heavy atom. The predicted octanol–water partition coefficient (Wildman–Crippen LogP) is 2.34. The van der Waals surface area contributed by atoms with E-state index < -0.39 is 16.4 Å². The first-order valence-corrected chi connectivity index (χ1v) is 5.85. The first-order valence-electron chi connectivity index (χ1n) is 5.85. The van der Waals surface area contributed by atoms with Crippen LogP contribution in [0.4, 0.5) is 10.1 Å². The van der Waals surface area contributed by atoms with E-state index in [1.165, 1.54) is 18.6 Å². The van der Waals surface area contributed by atoms with Crippen molar-refractivity contribution >= 4 is 5.69 Å². The molecule has 2 aliphatic heterocycles. The number of fused-ring (bicyclic) bond motifs is 2. The van der Waals surface area contributed by atoms with Crippen LogP contribution in [0.5, 0.6) is 0 Å². The molecule has 0 radical (unpaired) electrons. The lowest BCUT2D eigenvalue weighted by Gasteiger charge is -2.20. The SMILES string of the molecule is O=[N+]([O-])c1ccc([C@H]2CC3CCC2N3)cc1F. The summed E-state index contributed by atoms with van der Waals surface area (Å²) in [4.78, 5) is 9.85. The average Bonchev–Trinajstić information content (AvgIpc) is 2.89. The second-order valence-electron chi connectivity index (χ2n) is 4.86. The number of nitro benzene ring substituents is 1. The molecule has 3 atom stereocenters. The van der Waals surface area contributed by atoms with Crippen molar-refractivity contribution in [2.45, 2.75) is 37.3 Å². The Hall–Kier alpha value is -1.49. The van der Waals surface area contributed by atoms with Gasteiger partial charge in [0.05, 0.1) is 4.92 Å². The molecule has 2 saturated heterocycles. The summed E-state index contributed by atoms with van der Waals surface area (Å²) in [5, 5.41) is 14.0. The van der Waals surface area contributed by atoms with Crippen LogP contribution in [0, 0.1) is 15.9 Å². The topological polar surface area (TPSA) is 55.2 Å². The smallest absolute Gasteiger partial charge is 0.304 e. The van der Waals surface area contributed by atoms with Crippen LogP contribution in [-0.4, -0.2) is 17.0 Å². The van der Waals surface area contributed by atoms with Crippen LogP contribution in [0.15, 0.2) is 18.2 Å². The second-order valence-corrected chi connectivity index (χ2v) is 4.86. The molecule has 1 aromatic rings. The lowest BCUT2D eigenvalue weighted by Crippen LogP contribution is -2.21. The molecular formula is C12H13FN2O2. The molecule has 0 amide bonds. The zero-order valence-electron chi connectivity index (χ0n) is 9.23. The Balaban J connectivity index is 1.89. The number of halogens is 1. The van der Waals surface area contributed by atoms with Crippen molar-refractivity contribution in [3.8, 4) is 0 Å². The molecule has 5 heteroatoms. The van der Waals surface area contributed by atoms with Gasteiger partial charge < -0.3 is 5.32 Å². The largest absolute Gasteiger partial charge is 0.311 e. The van der Waals surface area contributed by atoms with E-state index in [0.29, 0.717) is 18.0 Å². The van der Waals surface area contributed by atoms with Gasteiger partial charge >= 0.3 is 5.69 Å². The number of nitrogens with one attached hydrogen (secondary N) is 1. The van der Waals surface area contributed by atoms with Crippen LogP contribution >= 0.6 is 0 Å². The summed E-state index contributed by atoms with van der Waals surface area (Å²) in [5.74, 6) is -0.417. The summed E-state index contributed by atoms with van der Waals surface area (Å²) in [5.41, 5.74) is 0.442. The van der Waals surface area contributed by atoms with Gasteiger partial charge in [-0.15, -0.1) is 0 Å². The third kappa shape index (κ3) is 1.70. The number of benzene rings is 1. The van der Waals surface area contributed by atoms with Crippen LogP contribution in [0.1, 0.15) is 30.7 Å². The average molecular weight is 236 g/mol. The highest BCUT2D eigenvalue weighted by Gasteiger charge is 2.40. The van der Waals surface area contributed by atoms with E-state index in [9.17, 15) is 14.5 Å². The highest BCUT2D eigenvalue weighted by molar-refractivity contribution is 5.37. The predicted molar refractivity (Wildman–Crippen MR) is 60.4 cm³/mol. The Morgan fingerprint density at radius 2 is 2.24 bits per heavy atom. The molecule has 17 heavy (non-hydrogen) atoms. The first kappa shape index (κ1) is 10.7. The van der Waals surface area contributed by atoms with Crippen molar-refractivity contribution in [2.75, 3.05) is 0 Å². The lowest BCUT2D eigenvalue weighted by atomic mass is 9.84. The maximum absolute atomic E-state index is 13.5. The molecule has 1 aromatic carbocycles. The summed E-state index contributed by atoms with van der Waals surface area (Å²) in [6, 6.07) is 5.25. The minimum absolute atomic E-state index is 0.309. The van der Waals surface area contributed by atoms with Gasteiger partial charge in [-0.2, -0.15) is 4.39 Å². The number of hydrogen-bond acceptors (Lipinski definition) is 3. The minimum atomic E-state index is -0.727. The summed E-state index contributed by atoms with van der Waals surface area (Å²) in [6.07, 6.45) is 3.33. The molecule has 90 valence electrons. The van der Waals surface area contributed by atoms with E-state index in [0.717, 1.165) is 18.4 Å². The molecule has 4 nitrogen and oxygen atoms in total. The first-order chi connectivity index (χ1) is 8.15. The Bertz CT molecular complexity index is 478. The van der Waals surface area contributed by atoms with Crippen molar-refractivity contribution in [3.63, 3.8) is 0 Å². The lowest BCUT2D eigenvalue weighted by molar-refractivity contribution is -0.387. The van der Waals surface area contributed by atoms with Gasteiger partial charge in [-0.05, 0) is 30.9 Å². The van der Waals surface area contributed by atoms with E-state index >= 15 is 0 Å². The third-order valence-corrected chi connectivity index (χ3v) is 3.90.